The largest absolute Gasteiger partial charge is 0.338 e. The highest BCUT2D eigenvalue weighted by molar-refractivity contribution is 7.91. The molecule has 11 heteroatoms. The first-order valence-electron chi connectivity index (χ1n) is 18.0. The van der Waals surface area contributed by atoms with Gasteiger partial charge in [0.05, 0.1) is 17.4 Å². The van der Waals surface area contributed by atoms with Gasteiger partial charge in [0.25, 0.3) is 10.0 Å². The SMILES string of the molecule is [CH2]CC(c1c(-c2ccc(C(C)(C)C)cc2)[nH]c2nccnc12)N(CCCc1c(-c2ccc(C(C)(C)C)cc2)[nH]c2nccnc12)S(=O)(=O)c1cccs1. The van der Waals surface area contributed by atoms with Crippen molar-refractivity contribution in [2.24, 2.45) is 0 Å². The van der Waals surface area contributed by atoms with E-state index in [0.29, 0.717) is 29.7 Å². The normalized spacial score (nSPS) is 13.4. The van der Waals surface area contributed by atoms with Gasteiger partial charge in [-0.3, -0.25) is 9.97 Å². The average Bonchev–Trinajstić information content (AvgIpc) is 3.90. The Hall–Kier alpha value is -4.71. The molecule has 7 aromatic rings. The first kappa shape index (κ1) is 36.6. The zero-order valence-electron chi connectivity index (χ0n) is 31.1. The number of benzene rings is 2. The van der Waals surface area contributed by atoms with E-state index in [9.17, 15) is 8.42 Å². The summed E-state index contributed by atoms with van der Waals surface area (Å²) < 4.78 is 31.2. The number of aromatic nitrogens is 6. The fourth-order valence-electron chi connectivity index (χ4n) is 7.02. The van der Waals surface area contributed by atoms with E-state index in [1.807, 2.05) is 0 Å². The van der Waals surface area contributed by atoms with E-state index in [1.54, 1.807) is 46.6 Å². The third-order valence-electron chi connectivity index (χ3n) is 9.89. The van der Waals surface area contributed by atoms with Crippen LogP contribution in [-0.2, 0) is 27.3 Å². The van der Waals surface area contributed by atoms with Crippen LogP contribution in [0.25, 0.3) is 44.8 Å². The Balaban J connectivity index is 1.29. The number of thiophene rings is 1. The number of nitrogens with one attached hydrogen (secondary N) is 2. The fraction of sp³-hybridized carbons (Fsp3) is 0.310. The number of aryl methyl sites for hydroxylation is 1. The Morgan fingerprint density at radius 2 is 1.26 bits per heavy atom. The molecular weight excluding hydrogens is 699 g/mol. The minimum absolute atomic E-state index is 0.0154. The van der Waals surface area contributed by atoms with E-state index in [0.717, 1.165) is 39.2 Å². The number of hydrogen-bond acceptors (Lipinski definition) is 7. The predicted octanol–water partition coefficient (Wildman–Crippen LogP) is 9.81. The van der Waals surface area contributed by atoms with Gasteiger partial charge < -0.3 is 9.97 Å². The van der Waals surface area contributed by atoms with Crippen LogP contribution in [-0.4, -0.2) is 49.2 Å². The maximum atomic E-state index is 14.7. The highest BCUT2D eigenvalue weighted by atomic mass is 32.2. The molecule has 9 nitrogen and oxygen atoms in total. The standard InChI is InChI=1S/C42H46N7O2S2/c1-8-32(34-36(48-40-38(34)44-22-24-46-40)28-15-19-30(20-16-28)42(5,6)7)49(53(50,51)33-12-10-26-52-33)25-9-11-31-35(47-39-37(31)43-21-23-45-39)27-13-17-29(18-14-27)41(2,3)4/h10,12-24,26,32H,1,8-9,11,25H2,2-7H3,(H,45,47)(H,46,48). The topological polar surface area (TPSA) is 121 Å². The predicted molar refractivity (Wildman–Crippen MR) is 215 cm³/mol. The molecule has 0 saturated carbocycles. The summed E-state index contributed by atoms with van der Waals surface area (Å²) in [6, 6.07) is 19.8. The lowest BCUT2D eigenvalue weighted by Gasteiger charge is -2.30. The van der Waals surface area contributed by atoms with Crippen molar-refractivity contribution >= 4 is 43.7 Å². The van der Waals surface area contributed by atoms with Crippen molar-refractivity contribution in [3.8, 4) is 22.5 Å². The van der Waals surface area contributed by atoms with Gasteiger partial charge in [0.2, 0.25) is 0 Å². The second-order valence-electron chi connectivity index (χ2n) is 15.5. The van der Waals surface area contributed by atoms with Crippen molar-refractivity contribution in [3.05, 3.63) is 120 Å². The van der Waals surface area contributed by atoms with Crippen molar-refractivity contribution in [2.45, 2.75) is 81.9 Å². The molecule has 1 unspecified atom stereocenters. The molecule has 53 heavy (non-hydrogen) atoms. The molecule has 0 aliphatic rings. The highest BCUT2D eigenvalue weighted by Crippen LogP contribution is 2.41. The molecule has 5 heterocycles. The van der Waals surface area contributed by atoms with Crippen molar-refractivity contribution in [3.63, 3.8) is 0 Å². The highest BCUT2D eigenvalue weighted by Gasteiger charge is 2.36. The number of sulfonamides is 1. The first-order chi connectivity index (χ1) is 25.3. The molecule has 2 N–H and O–H groups in total. The van der Waals surface area contributed by atoms with Crippen LogP contribution in [0.4, 0.5) is 0 Å². The van der Waals surface area contributed by atoms with Crippen LogP contribution >= 0.6 is 11.3 Å². The van der Waals surface area contributed by atoms with E-state index in [-0.39, 0.29) is 28.0 Å². The molecule has 0 fully saturated rings. The molecule has 0 aliphatic carbocycles. The lowest BCUT2D eigenvalue weighted by atomic mass is 9.86. The van der Waals surface area contributed by atoms with Crippen LogP contribution in [0.15, 0.2) is 95.0 Å². The number of rotatable bonds is 11. The van der Waals surface area contributed by atoms with E-state index < -0.39 is 16.1 Å². The van der Waals surface area contributed by atoms with Crippen LogP contribution in [0.3, 0.4) is 0 Å². The molecule has 0 aliphatic heterocycles. The molecular formula is C42H46N7O2S2. The molecule has 5 aromatic heterocycles. The summed E-state index contributed by atoms with van der Waals surface area (Å²) in [5.41, 5.74) is 10.7. The van der Waals surface area contributed by atoms with Crippen molar-refractivity contribution in [1.82, 2.24) is 34.2 Å². The fourth-order valence-corrected chi connectivity index (χ4v) is 9.81. The molecule has 0 spiro atoms. The van der Waals surface area contributed by atoms with Gasteiger partial charge in [0.1, 0.15) is 15.2 Å². The van der Waals surface area contributed by atoms with Gasteiger partial charge in [0.15, 0.2) is 11.3 Å². The lowest BCUT2D eigenvalue weighted by molar-refractivity contribution is 0.323. The Morgan fingerprint density at radius 1 is 0.736 bits per heavy atom. The molecule has 2 aromatic carbocycles. The summed E-state index contributed by atoms with van der Waals surface area (Å²) in [5.74, 6) is 0. The van der Waals surface area contributed by atoms with Crippen molar-refractivity contribution in [2.75, 3.05) is 6.54 Å². The maximum absolute atomic E-state index is 14.7. The monoisotopic (exact) mass is 744 g/mol. The minimum atomic E-state index is -3.94. The number of nitrogens with zero attached hydrogens (tertiary/aromatic N) is 5. The summed E-state index contributed by atoms with van der Waals surface area (Å²) in [6.07, 6.45) is 8.06. The number of H-pyrrole nitrogens is 2. The lowest BCUT2D eigenvalue weighted by Crippen LogP contribution is -2.35. The summed E-state index contributed by atoms with van der Waals surface area (Å²) >= 11 is 1.22. The molecule has 7 rings (SSSR count). The van der Waals surface area contributed by atoms with Gasteiger partial charge in [-0.1, -0.05) is 103 Å². The first-order valence-corrected chi connectivity index (χ1v) is 20.3. The van der Waals surface area contributed by atoms with E-state index in [1.165, 1.54) is 22.5 Å². The third-order valence-corrected chi connectivity index (χ3v) is 13.2. The molecule has 273 valence electrons. The molecule has 0 bridgehead atoms. The van der Waals surface area contributed by atoms with Gasteiger partial charge in [-0.2, -0.15) is 4.31 Å². The quantitative estimate of drug-likeness (QED) is 0.136. The molecule has 0 saturated heterocycles. The zero-order chi connectivity index (χ0) is 37.5. The van der Waals surface area contributed by atoms with E-state index >= 15 is 0 Å². The molecule has 0 amide bonds. The number of aromatic amines is 2. The summed E-state index contributed by atoms with van der Waals surface area (Å²) in [4.78, 5) is 25.6. The zero-order valence-corrected chi connectivity index (χ0v) is 32.8. The van der Waals surface area contributed by atoms with Crippen molar-refractivity contribution in [1.29, 1.82) is 0 Å². The van der Waals surface area contributed by atoms with Gasteiger partial charge in [-0.05, 0) is 63.8 Å². The van der Waals surface area contributed by atoms with Gasteiger partial charge in [-0.25, -0.2) is 18.4 Å². The van der Waals surface area contributed by atoms with Gasteiger partial charge in [0, 0.05) is 42.5 Å². The van der Waals surface area contributed by atoms with E-state index in [4.69, 9.17) is 9.97 Å². The second kappa shape index (κ2) is 14.3. The Labute approximate surface area is 316 Å². The Morgan fingerprint density at radius 3 is 1.81 bits per heavy atom. The average molecular weight is 745 g/mol. The smallest absolute Gasteiger partial charge is 0.253 e. The third kappa shape index (κ3) is 7.17. The number of hydrogen-bond donors (Lipinski definition) is 2. The maximum Gasteiger partial charge on any atom is 0.253 e. The summed E-state index contributed by atoms with van der Waals surface area (Å²) in [7, 11) is -3.94. The van der Waals surface area contributed by atoms with Crippen LogP contribution in [0, 0.1) is 6.92 Å². The van der Waals surface area contributed by atoms with Gasteiger partial charge >= 0.3 is 0 Å². The van der Waals surface area contributed by atoms with Crippen molar-refractivity contribution < 1.29 is 8.42 Å². The van der Waals surface area contributed by atoms with Crippen LogP contribution in [0.2, 0.25) is 0 Å². The van der Waals surface area contributed by atoms with Crippen LogP contribution < -0.4 is 0 Å². The minimum Gasteiger partial charge on any atom is -0.338 e. The van der Waals surface area contributed by atoms with Crippen LogP contribution in [0.1, 0.15) is 82.7 Å². The van der Waals surface area contributed by atoms with Crippen LogP contribution in [0.5, 0.6) is 0 Å². The Kier molecular flexibility index (Phi) is 9.86. The summed E-state index contributed by atoms with van der Waals surface area (Å²) in [6.45, 7) is 17.7. The van der Waals surface area contributed by atoms with E-state index in [2.05, 4.69) is 117 Å². The Bertz CT molecular complexity index is 2450. The molecule has 1 atom stereocenters. The summed E-state index contributed by atoms with van der Waals surface area (Å²) in [5, 5.41) is 1.80. The number of fused-ring (bicyclic) bond motifs is 2. The molecule has 1 radical (unpaired) electrons. The van der Waals surface area contributed by atoms with Gasteiger partial charge in [-0.15, -0.1) is 11.3 Å². The second-order valence-corrected chi connectivity index (χ2v) is 18.6.